The molecule has 0 aliphatic carbocycles. The normalized spacial score (nSPS) is 11.1. The van der Waals surface area contributed by atoms with Crippen molar-refractivity contribution in [2.75, 3.05) is 0 Å². The fourth-order valence-electron chi connectivity index (χ4n) is 1.86. The molecule has 0 aliphatic rings. The smallest absolute Gasteiger partial charge is 0.303 e. The van der Waals surface area contributed by atoms with Crippen molar-refractivity contribution in [2.45, 2.75) is 26.7 Å². The van der Waals surface area contributed by atoms with E-state index in [1.807, 2.05) is 13.8 Å². The molecule has 2 rings (SSSR count). The Balaban J connectivity index is 2.61. The zero-order valence-corrected chi connectivity index (χ0v) is 11.3. The van der Waals surface area contributed by atoms with Crippen LogP contribution >= 0.6 is 11.3 Å². The Morgan fingerprint density at radius 1 is 1.44 bits per heavy atom. The lowest BCUT2D eigenvalue weighted by Crippen LogP contribution is -2.22. The Bertz CT molecular complexity index is 685. The molecule has 0 radical (unpaired) electrons. The van der Waals surface area contributed by atoms with Gasteiger partial charge in [-0.15, -0.1) is 11.3 Å². The molecule has 0 unspecified atom stereocenters. The summed E-state index contributed by atoms with van der Waals surface area (Å²) in [4.78, 5) is 29.0. The molecular formula is C12H14N2O3S. The zero-order valence-electron chi connectivity index (χ0n) is 10.5. The number of nitrogens with zero attached hydrogens (tertiary/aromatic N) is 2. The average molecular weight is 266 g/mol. The highest BCUT2D eigenvalue weighted by atomic mass is 32.1. The second-order valence-corrected chi connectivity index (χ2v) is 5.45. The standard InChI is InChI=1S/C12H14N2O3S/c1-6-7(2)18-11-10(6)12(17)14(3)8(13-11)4-5-9(15)16/h4-5H2,1-3H3,(H,15,16). The number of fused-ring (bicyclic) bond motifs is 1. The van der Waals surface area contributed by atoms with Crippen LogP contribution in [0.5, 0.6) is 0 Å². The molecule has 0 atom stereocenters. The molecule has 6 heteroatoms. The van der Waals surface area contributed by atoms with Gasteiger partial charge in [0.1, 0.15) is 10.7 Å². The molecule has 0 bridgehead atoms. The minimum atomic E-state index is -0.886. The van der Waals surface area contributed by atoms with Crippen molar-refractivity contribution in [3.63, 3.8) is 0 Å². The summed E-state index contributed by atoms with van der Waals surface area (Å²) < 4.78 is 1.45. The number of hydrogen-bond donors (Lipinski definition) is 1. The van der Waals surface area contributed by atoms with Crippen molar-refractivity contribution < 1.29 is 9.90 Å². The van der Waals surface area contributed by atoms with Crippen molar-refractivity contribution >= 4 is 27.5 Å². The van der Waals surface area contributed by atoms with E-state index in [2.05, 4.69) is 4.98 Å². The van der Waals surface area contributed by atoms with Crippen molar-refractivity contribution in [3.8, 4) is 0 Å². The van der Waals surface area contributed by atoms with E-state index in [9.17, 15) is 9.59 Å². The molecule has 0 saturated heterocycles. The van der Waals surface area contributed by atoms with E-state index < -0.39 is 5.97 Å². The molecule has 0 spiro atoms. The third kappa shape index (κ3) is 2.03. The van der Waals surface area contributed by atoms with Gasteiger partial charge in [-0.3, -0.25) is 14.2 Å². The molecule has 2 aromatic rings. The fourth-order valence-corrected chi connectivity index (χ4v) is 2.90. The van der Waals surface area contributed by atoms with Gasteiger partial charge in [-0.25, -0.2) is 4.98 Å². The summed E-state index contributed by atoms with van der Waals surface area (Å²) in [6, 6.07) is 0. The number of carboxylic acids is 1. The Hall–Kier alpha value is -1.69. The first-order valence-electron chi connectivity index (χ1n) is 5.59. The maximum absolute atomic E-state index is 12.2. The van der Waals surface area contributed by atoms with Gasteiger partial charge in [-0.2, -0.15) is 0 Å². The predicted molar refractivity (Wildman–Crippen MR) is 70.3 cm³/mol. The summed E-state index contributed by atoms with van der Waals surface area (Å²) in [5.41, 5.74) is 0.870. The van der Waals surface area contributed by atoms with E-state index in [4.69, 9.17) is 5.11 Å². The predicted octanol–water partition coefficient (Wildman–Crippen LogP) is 1.63. The molecule has 0 aliphatic heterocycles. The average Bonchev–Trinajstić information content (AvgIpc) is 2.58. The maximum atomic E-state index is 12.2. The maximum Gasteiger partial charge on any atom is 0.303 e. The van der Waals surface area contributed by atoms with Gasteiger partial charge < -0.3 is 5.11 Å². The SMILES string of the molecule is Cc1sc2nc(CCC(=O)O)n(C)c(=O)c2c1C. The second-order valence-electron chi connectivity index (χ2n) is 4.25. The van der Waals surface area contributed by atoms with Crippen LogP contribution in [0.4, 0.5) is 0 Å². The molecule has 0 fully saturated rings. The van der Waals surface area contributed by atoms with Crippen LogP contribution in [0.1, 0.15) is 22.7 Å². The Labute approximate surface area is 108 Å². The molecule has 2 heterocycles. The Morgan fingerprint density at radius 3 is 2.72 bits per heavy atom. The highest BCUT2D eigenvalue weighted by Crippen LogP contribution is 2.26. The molecule has 1 N–H and O–H groups in total. The summed E-state index contributed by atoms with van der Waals surface area (Å²) in [5.74, 6) is -0.362. The molecule has 5 nitrogen and oxygen atoms in total. The number of aliphatic carboxylic acids is 1. The van der Waals surface area contributed by atoms with Gasteiger partial charge in [-0.05, 0) is 19.4 Å². The second kappa shape index (κ2) is 4.53. The quantitative estimate of drug-likeness (QED) is 0.916. The van der Waals surface area contributed by atoms with Gasteiger partial charge in [0.25, 0.3) is 5.56 Å². The van der Waals surface area contributed by atoms with Crippen LogP contribution in [0, 0.1) is 13.8 Å². The third-order valence-corrected chi connectivity index (χ3v) is 4.17. The van der Waals surface area contributed by atoms with Gasteiger partial charge in [0, 0.05) is 18.3 Å². The lowest BCUT2D eigenvalue weighted by molar-refractivity contribution is -0.137. The van der Waals surface area contributed by atoms with E-state index in [1.54, 1.807) is 7.05 Å². The van der Waals surface area contributed by atoms with Gasteiger partial charge >= 0.3 is 5.97 Å². The fraction of sp³-hybridized carbons (Fsp3) is 0.417. The van der Waals surface area contributed by atoms with Gasteiger partial charge in [0.2, 0.25) is 0 Å². The minimum absolute atomic E-state index is 0.0187. The summed E-state index contributed by atoms with van der Waals surface area (Å²) in [6.07, 6.45) is 0.252. The first-order valence-corrected chi connectivity index (χ1v) is 6.41. The van der Waals surface area contributed by atoms with Crippen LogP contribution in [0.15, 0.2) is 4.79 Å². The zero-order chi connectivity index (χ0) is 13.4. The minimum Gasteiger partial charge on any atom is -0.481 e. The van der Waals surface area contributed by atoms with Crippen molar-refractivity contribution in [1.82, 2.24) is 9.55 Å². The highest BCUT2D eigenvalue weighted by Gasteiger charge is 2.14. The molecule has 18 heavy (non-hydrogen) atoms. The van der Waals surface area contributed by atoms with Crippen LogP contribution in [0.2, 0.25) is 0 Å². The van der Waals surface area contributed by atoms with Crippen LogP contribution in [0.25, 0.3) is 10.2 Å². The van der Waals surface area contributed by atoms with Crippen LogP contribution in [0.3, 0.4) is 0 Å². The number of carbonyl (C=O) groups is 1. The molecule has 0 amide bonds. The first kappa shape index (κ1) is 12.8. The van der Waals surface area contributed by atoms with Crippen LogP contribution in [-0.4, -0.2) is 20.6 Å². The number of rotatable bonds is 3. The topological polar surface area (TPSA) is 72.2 Å². The molecular weight excluding hydrogens is 252 g/mol. The molecule has 2 aromatic heterocycles. The summed E-state index contributed by atoms with van der Waals surface area (Å²) >= 11 is 1.48. The number of aromatic nitrogens is 2. The molecule has 0 saturated carbocycles. The van der Waals surface area contributed by atoms with E-state index in [0.29, 0.717) is 16.0 Å². The Morgan fingerprint density at radius 2 is 2.11 bits per heavy atom. The first-order chi connectivity index (χ1) is 8.41. The van der Waals surface area contributed by atoms with E-state index >= 15 is 0 Å². The number of aryl methyl sites for hydroxylation is 3. The summed E-state index contributed by atoms with van der Waals surface area (Å²) in [7, 11) is 1.64. The summed E-state index contributed by atoms with van der Waals surface area (Å²) in [5, 5.41) is 9.34. The van der Waals surface area contributed by atoms with Gasteiger partial charge in [0.05, 0.1) is 11.8 Å². The van der Waals surface area contributed by atoms with Crippen LogP contribution in [-0.2, 0) is 18.3 Å². The molecule has 0 aromatic carbocycles. The number of hydrogen-bond acceptors (Lipinski definition) is 4. The number of thiophene rings is 1. The largest absolute Gasteiger partial charge is 0.481 e. The van der Waals surface area contributed by atoms with Crippen molar-refractivity contribution in [2.24, 2.45) is 7.05 Å². The van der Waals surface area contributed by atoms with E-state index in [0.717, 1.165) is 10.4 Å². The Kier molecular flexibility index (Phi) is 3.21. The lowest BCUT2D eigenvalue weighted by atomic mass is 10.2. The van der Waals surface area contributed by atoms with E-state index in [1.165, 1.54) is 15.9 Å². The van der Waals surface area contributed by atoms with Gasteiger partial charge in [-0.1, -0.05) is 0 Å². The van der Waals surface area contributed by atoms with Crippen molar-refractivity contribution in [3.05, 3.63) is 26.6 Å². The van der Waals surface area contributed by atoms with Crippen LogP contribution < -0.4 is 5.56 Å². The van der Waals surface area contributed by atoms with E-state index in [-0.39, 0.29) is 18.4 Å². The highest BCUT2D eigenvalue weighted by molar-refractivity contribution is 7.18. The lowest BCUT2D eigenvalue weighted by Gasteiger charge is -2.06. The number of carboxylic acid groups (broad SMARTS) is 1. The van der Waals surface area contributed by atoms with Gasteiger partial charge in [0.15, 0.2) is 0 Å². The third-order valence-electron chi connectivity index (χ3n) is 3.07. The molecule has 96 valence electrons. The summed E-state index contributed by atoms with van der Waals surface area (Å²) in [6.45, 7) is 3.87. The van der Waals surface area contributed by atoms with Crippen molar-refractivity contribution in [1.29, 1.82) is 0 Å². The monoisotopic (exact) mass is 266 g/mol.